The Morgan fingerprint density at radius 3 is 2.16 bits per heavy atom. The molecule has 0 N–H and O–H groups in total. The lowest BCUT2D eigenvalue weighted by Gasteiger charge is -2.48. The van der Waals surface area contributed by atoms with Crippen LogP contribution in [-0.2, 0) is 0 Å². The minimum Gasteiger partial charge on any atom is -0.297 e. The van der Waals surface area contributed by atoms with Gasteiger partial charge in [-0.2, -0.15) is 0 Å². The molecule has 2 saturated carbocycles. The molecule has 0 amide bonds. The average molecular weight is 347 g/mol. The van der Waals surface area contributed by atoms with Crippen molar-refractivity contribution in [3.63, 3.8) is 0 Å². The Morgan fingerprint density at radius 2 is 1.56 bits per heavy atom. The van der Waals surface area contributed by atoms with E-state index in [9.17, 15) is 0 Å². The van der Waals surface area contributed by atoms with Crippen LogP contribution in [-0.4, -0.2) is 46.6 Å². The van der Waals surface area contributed by atoms with Crippen LogP contribution in [0, 0.1) is 35.5 Å². The first-order valence-electron chi connectivity index (χ1n) is 11.3. The first-order valence-corrected chi connectivity index (χ1v) is 11.3. The number of hydrogen-bond acceptors (Lipinski definition) is 2. The maximum Gasteiger partial charge on any atom is 0.0153 e. The molecule has 2 aliphatic heterocycles. The van der Waals surface area contributed by atoms with Crippen LogP contribution in [0.25, 0.3) is 0 Å². The van der Waals surface area contributed by atoms with Gasteiger partial charge in [-0.3, -0.25) is 9.80 Å². The summed E-state index contributed by atoms with van der Waals surface area (Å²) in [4.78, 5) is 5.81. The second-order valence-electron chi connectivity index (χ2n) is 11.0. The summed E-state index contributed by atoms with van der Waals surface area (Å²) >= 11 is 0. The van der Waals surface area contributed by atoms with Gasteiger partial charge in [-0.05, 0) is 82.0 Å². The Kier molecular flexibility index (Phi) is 4.77. The fourth-order valence-corrected chi connectivity index (χ4v) is 7.23. The van der Waals surface area contributed by atoms with Gasteiger partial charge in [0.15, 0.2) is 0 Å². The second kappa shape index (κ2) is 6.51. The maximum absolute atomic E-state index is 2.92. The van der Waals surface area contributed by atoms with Crippen molar-refractivity contribution >= 4 is 0 Å². The van der Waals surface area contributed by atoms with Crippen molar-refractivity contribution in [2.45, 2.75) is 104 Å². The van der Waals surface area contributed by atoms with E-state index in [1.54, 1.807) is 0 Å². The minimum atomic E-state index is 0.719. The summed E-state index contributed by atoms with van der Waals surface area (Å²) in [6, 6.07) is 4.14. The SMILES string of the molecule is CC(C)C1C2CC2CN1C(C)CC1CC2C1CC(C(C)C)N2C(C)C. The van der Waals surface area contributed by atoms with E-state index in [2.05, 4.69) is 58.3 Å². The average Bonchev–Trinajstić information content (AvgIpc) is 3.04. The van der Waals surface area contributed by atoms with Crippen LogP contribution in [0.4, 0.5) is 0 Å². The number of hydrogen-bond donors (Lipinski definition) is 0. The third-order valence-corrected chi connectivity index (χ3v) is 8.43. The molecule has 0 spiro atoms. The summed E-state index contributed by atoms with van der Waals surface area (Å²) in [5.74, 6) is 5.73. The smallest absolute Gasteiger partial charge is 0.0153 e. The van der Waals surface area contributed by atoms with E-state index in [0.717, 1.165) is 65.7 Å². The Hall–Kier alpha value is -0.0800. The number of nitrogens with zero attached hydrogens (tertiary/aromatic N) is 2. The molecule has 144 valence electrons. The normalized spacial score (nSPS) is 45.1. The van der Waals surface area contributed by atoms with Crippen LogP contribution in [0.3, 0.4) is 0 Å². The Labute approximate surface area is 156 Å². The van der Waals surface area contributed by atoms with Gasteiger partial charge in [0.25, 0.3) is 0 Å². The molecule has 0 aromatic carbocycles. The summed E-state index contributed by atoms with van der Waals surface area (Å²) in [7, 11) is 0. The summed E-state index contributed by atoms with van der Waals surface area (Å²) in [6.07, 6.45) is 5.93. The molecule has 2 saturated heterocycles. The van der Waals surface area contributed by atoms with Crippen molar-refractivity contribution in [1.29, 1.82) is 0 Å². The van der Waals surface area contributed by atoms with Crippen LogP contribution >= 0.6 is 0 Å². The van der Waals surface area contributed by atoms with Gasteiger partial charge in [0.2, 0.25) is 0 Å². The largest absolute Gasteiger partial charge is 0.297 e. The molecule has 0 bridgehead atoms. The van der Waals surface area contributed by atoms with Crippen molar-refractivity contribution in [3.05, 3.63) is 0 Å². The van der Waals surface area contributed by atoms with Gasteiger partial charge in [0.05, 0.1) is 0 Å². The fourth-order valence-electron chi connectivity index (χ4n) is 7.23. The van der Waals surface area contributed by atoms with Crippen molar-refractivity contribution in [2.75, 3.05) is 6.54 Å². The molecule has 25 heavy (non-hydrogen) atoms. The molecule has 0 aromatic heterocycles. The van der Waals surface area contributed by atoms with Crippen LogP contribution < -0.4 is 0 Å². The highest BCUT2D eigenvalue weighted by atomic mass is 15.3. The van der Waals surface area contributed by atoms with Gasteiger partial charge >= 0.3 is 0 Å². The molecule has 8 atom stereocenters. The van der Waals surface area contributed by atoms with Crippen molar-refractivity contribution < 1.29 is 0 Å². The minimum absolute atomic E-state index is 0.719. The monoisotopic (exact) mass is 346 g/mol. The number of fused-ring (bicyclic) bond motifs is 2. The van der Waals surface area contributed by atoms with Crippen LogP contribution in [0.15, 0.2) is 0 Å². The van der Waals surface area contributed by atoms with E-state index < -0.39 is 0 Å². The zero-order valence-corrected chi connectivity index (χ0v) is 17.8. The zero-order chi connectivity index (χ0) is 18.0. The van der Waals surface area contributed by atoms with Crippen LogP contribution in [0.1, 0.15) is 74.1 Å². The lowest BCUT2D eigenvalue weighted by molar-refractivity contribution is 0.0113. The van der Waals surface area contributed by atoms with E-state index in [-0.39, 0.29) is 0 Å². The highest BCUT2D eigenvalue weighted by Crippen LogP contribution is 2.55. The van der Waals surface area contributed by atoms with Crippen molar-refractivity contribution in [2.24, 2.45) is 35.5 Å². The van der Waals surface area contributed by atoms with Crippen LogP contribution in [0.2, 0.25) is 0 Å². The molecular weight excluding hydrogens is 304 g/mol. The highest BCUT2D eigenvalue weighted by molar-refractivity contribution is 5.09. The third kappa shape index (κ3) is 3.00. The van der Waals surface area contributed by atoms with E-state index in [1.165, 1.54) is 32.2 Å². The maximum atomic E-state index is 2.92. The van der Waals surface area contributed by atoms with Gasteiger partial charge in [0, 0.05) is 36.8 Å². The summed E-state index contributed by atoms with van der Waals surface area (Å²) in [5.41, 5.74) is 0. The number of rotatable bonds is 6. The van der Waals surface area contributed by atoms with Crippen LogP contribution in [0.5, 0.6) is 0 Å². The van der Waals surface area contributed by atoms with Gasteiger partial charge < -0.3 is 0 Å². The fraction of sp³-hybridized carbons (Fsp3) is 1.00. The van der Waals surface area contributed by atoms with Gasteiger partial charge in [-0.25, -0.2) is 0 Å². The first-order chi connectivity index (χ1) is 11.8. The molecule has 2 heteroatoms. The lowest BCUT2D eigenvalue weighted by Crippen LogP contribution is -2.52. The molecule has 2 heterocycles. The molecule has 0 aromatic rings. The number of piperidine rings is 1. The molecular formula is C23H42N2. The van der Waals surface area contributed by atoms with E-state index in [0.29, 0.717) is 0 Å². The Balaban J connectivity index is 1.37. The van der Waals surface area contributed by atoms with E-state index >= 15 is 0 Å². The molecule has 2 aliphatic carbocycles. The van der Waals surface area contributed by atoms with Gasteiger partial charge in [-0.1, -0.05) is 27.7 Å². The molecule has 4 rings (SSSR count). The van der Waals surface area contributed by atoms with Crippen molar-refractivity contribution in [3.8, 4) is 0 Å². The molecule has 2 nitrogen and oxygen atoms in total. The molecule has 0 radical (unpaired) electrons. The standard InChI is InChI=1S/C23H42N2/c1-13(2)21-11-19-17(10-22(19)25(21)15(5)6)8-16(7)24-12-18-9-20(18)23(24)14(3)4/h13-23H,8-12H2,1-7H3. The third-order valence-electron chi connectivity index (χ3n) is 8.43. The van der Waals surface area contributed by atoms with Gasteiger partial charge in [0.1, 0.15) is 0 Å². The zero-order valence-electron chi connectivity index (χ0n) is 17.8. The second-order valence-corrected chi connectivity index (χ2v) is 11.0. The van der Waals surface area contributed by atoms with E-state index in [1.807, 2.05) is 0 Å². The first kappa shape index (κ1) is 18.3. The lowest BCUT2D eigenvalue weighted by atomic mass is 9.66. The summed E-state index contributed by atoms with van der Waals surface area (Å²) < 4.78 is 0. The molecule has 8 unspecified atom stereocenters. The van der Waals surface area contributed by atoms with E-state index in [4.69, 9.17) is 0 Å². The summed E-state index contributed by atoms with van der Waals surface area (Å²) in [5, 5.41) is 0. The quantitative estimate of drug-likeness (QED) is 0.676. The Morgan fingerprint density at radius 1 is 0.840 bits per heavy atom. The summed E-state index contributed by atoms with van der Waals surface area (Å²) in [6.45, 7) is 18.6. The van der Waals surface area contributed by atoms with Gasteiger partial charge in [-0.15, -0.1) is 0 Å². The molecule has 4 aliphatic rings. The topological polar surface area (TPSA) is 6.48 Å². The Bertz CT molecular complexity index is 484. The predicted molar refractivity (Wildman–Crippen MR) is 107 cm³/mol. The predicted octanol–water partition coefficient (Wildman–Crippen LogP) is 4.88. The highest BCUT2D eigenvalue weighted by Gasteiger charge is 2.56. The van der Waals surface area contributed by atoms with Crippen molar-refractivity contribution in [1.82, 2.24) is 9.80 Å². The number of likely N-dealkylation sites (tertiary alicyclic amines) is 2. The molecule has 4 fully saturated rings.